The van der Waals surface area contributed by atoms with Crippen molar-refractivity contribution in [3.63, 3.8) is 0 Å². The van der Waals surface area contributed by atoms with Crippen LogP contribution in [0.4, 0.5) is 5.69 Å². The van der Waals surface area contributed by atoms with Gasteiger partial charge in [0.05, 0.1) is 6.54 Å². The van der Waals surface area contributed by atoms with Gasteiger partial charge in [0.25, 0.3) is 5.91 Å². The van der Waals surface area contributed by atoms with Crippen LogP contribution in [0.5, 0.6) is 0 Å². The van der Waals surface area contributed by atoms with Crippen molar-refractivity contribution < 1.29 is 14.4 Å². The van der Waals surface area contributed by atoms with E-state index in [0.717, 1.165) is 17.9 Å². The molecule has 0 radical (unpaired) electrons. The number of carbonyl (C=O) groups is 3. The summed E-state index contributed by atoms with van der Waals surface area (Å²) in [5, 5.41) is 5.35. The molecular weight excluding hydrogens is 346 g/mol. The van der Waals surface area contributed by atoms with Crippen molar-refractivity contribution >= 4 is 23.4 Å². The number of carbonyl (C=O) groups excluding carboxylic acids is 3. The van der Waals surface area contributed by atoms with Gasteiger partial charge in [0.15, 0.2) is 0 Å². The first-order valence-corrected chi connectivity index (χ1v) is 8.96. The Bertz CT molecular complexity index is 828. The van der Waals surface area contributed by atoms with E-state index in [9.17, 15) is 14.4 Å². The smallest absolute Gasteiger partial charge is 0.251 e. The number of anilines is 1. The molecule has 142 valence electrons. The number of hydrogen-bond acceptors (Lipinski definition) is 4. The van der Waals surface area contributed by atoms with Crippen LogP contribution in [-0.4, -0.2) is 46.9 Å². The lowest BCUT2D eigenvalue weighted by molar-refractivity contribution is -0.120. The minimum absolute atomic E-state index is 0.0915. The van der Waals surface area contributed by atoms with E-state index >= 15 is 0 Å². The molecule has 0 atom stereocenters. The summed E-state index contributed by atoms with van der Waals surface area (Å²) in [6.45, 7) is 1.08. The van der Waals surface area contributed by atoms with Gasteiger partial charge in [-0.2, -0.15) is 0 Å². The number of rotatable bonds is 7. The van der Waals surface area contributed by atoms with Crippen molar-refractivity contribution in [1.29, 1.82) is 0 Å². The average molecular weight is 369 g/mol. The first kappa shape index (κ1) is 18.6. The number of hydrogen-bond donors (Lipinski definition) is 2. The van der Waals surface area contributed by atoms with Crippen LogP contribution < -0.4 is 15.5 Å². The van der Waals surface area contributed by atoms with Gasteiger partial charge in [-0.25, -0.2) is 4.98 Å². The quantitative estimate of drug-likeness (QED) is 0.748. The summed E-state index contributed by atoms with van der Waals surface area (Å²) in [6.07, 6.45) is 5.61. The fourth-order valence-corrected chi connectivity index (χ4v) is 2.99. The number of nitrogens with one attached hydrogen (secondary N) is 2. The van der Waals surface area contributed by atoms with E-state index in [4.69, 9.17) is 0 Å². The lowest BCUT2D eigenvalue weighted by Crippen LogP contribution is -2.37. The summed E-state index contributed by atoms with van der Waals surface area (Å²) in [5.74, 6) is 0.413. The lowest BCUT2D eigenvalue weighted by Gasteiger charge is -2.15. The predicted octanol–water partition coefficient (Wildman–Crippen LogP) is 0.636. The predicted molar refractivity (Wildman–Crippen MR) is 100 cm³/mol. The zero-order valence-electron chi connectivity index (χ0n) is 15.3. The molecule has 0 spiro atoms. The summed E-state index contributed by atoms with van der Waals surface area (Å²) in [4.78, 5) is 41.7. The van der Waals surface area contributed by atoms with Gasteiger partial charge in [-0.15, -0.1) is 0 Å². The molecule has 0 saturated carbocycles. The fourth-order valence-electron chi connectivity index (χ4n) is 2.99. The SMILES string of the molecule is Cn1ccnc1CCNC(=O)CNC(=O)c1ccc(N2CCCC2=O)cc1. The van der Waals surface area contributed by atoms with Gasteiger partial charge in [-0.3, -0.25) is 14.4 Å². The Kier molecular flexibility index (Phi) is 5.85. The van der Waals surface area contributed by atoms with Crippen molar-refractivity contribution in [2.45, 2.75) is 19.3 Å². The maximum atomic E-state index is 12.2. The number of imidazole rings is 1. The molecule has 1 aliphatic heterocycles. The maximum Gasteiger partial charge on any atom is 0.251 e. The lowest BCUT2D eigenvalue weighted by atomic mass is 10.2. The Labute approximate surface area is 157 Å². The van der Waals surface area contributed by atoms with Crippen LogP contribution >= 0.6 is 0 Å². The van der Waals surface area contributed by atoms with Crippen molar-refractivity contribution in [3.05, 3.63) is 48.0 Å². The topological polar surface area (TPSA) is 96.3 Å². The zero-order chi connectivity index (χ0) is 19.2. The molecule has 27 heavy (non-hydrogen) atoms. The summed E-state index contributed by atoms with van der Waals surface area (Å²) >= 11 is 0. The zero-order valence-corrected chi connectivity index (χ0v) is 15.3. The molecule has 2 aromatic rings. The van der Waals surface area contributed by atoms with Gasteiger partial charge in [-0.1, -0.05) is 0 Å². The third-order valence-corrected chi connectivity index (χ3v) is 4.52. The highest BCUT2D eigenvalue weighted by Crippen LogP contribution is 2.21. The van der Waals surface area contributed by atoms with Crippen LogP contribution in [-0.2, 0) is 23.1 Å². The van der Waals surface area contributed by atoms with Crippen molar-refractivity contribution in [2.75, 3.05) is 24.5 Å². The minimum Gasteiger partial charge on any atom is -0.354 e. The first-order valence-electron chi connectivity index (χ1n) is 8.96. The summed E-state index contributed by atoms with van der Waals surface area (Å²) in [6, 6.07) is 6.83. The second-order valence-electron chi connectivity index (χ2n) is 6.43. The second-order valence-corrected chi connectivity index (χ2v) is 6.43. The largest absolute Gasteiger partial charge is 0.354 e. The number of amides is 3. The van der Waals surface area contributed by atoms with Crippen molar-refractivity contribution in [1.82, 2.24) is 20.2 Å². The average Bonchev–Trinajstić information content (AvgIpc) is 3.28. The molecule has 1 aromatic carbocycles. The van der Waals surface area contributed by atoms with Crippen LogP contribution in [0.1, 0.15) is 29.0 Å². The van der Waals surface area contributed by atoms with E-state index in [1.54, 1.807) is 35.4 Å². The van der Waals surface area contributed by atoms with Crippen LogP contribution in [0.3, 0.4) is 0 Å². The Balaban J connectivity index is 1.42. The molecule has 2 N–H and O–H groups in total. The number of nitrogens with zero attached hydrogens (tertiary/aromatic N) is 3. The van der Waals surface area contributed by atoms with Crippen LogP contribution in [0, 0.1) is 0 Å². The Hall–Kier alpha value is -3.16. The van der Waals surface area contributed by atoms with E-state index in [1.165, 1.54) is 0 Å². The molecule has 3 rings (SSSR count). The van der Waals surface area contributed by atoms with Gasteiger partial charge >= 0.3 is 0 Å². The molecule has 3 amide bonds. The van der Waals surface area contributed by atoms with E-state index in [1.807, 2.05) is 17.8 Å². The molecule has 1 aliphatic rings. The Morgan fingerprint density at radius 3 is 2.59 bits per heavy atom. The molecular formula is C19H23N5O3. The second kappa shape index (κ2) is 8.48. The third-order valence-electron chi connectivity index (χ3n) is 4.52. The summed E-state index contributed by atoms with van der Waals surface area (Å²) < 4.78 is 1.90. The van der Waals surface area contributed by atoms with Crippen LogP contribution in [0.2, 0.25) is 0 Å². The van der Waals surface area contributed by atoms with Crippen molar-refractivity contribution in [2.24, 2.45) is 7.05 Å². The molecule has 8 nitrogen and oxygen atoms in total. The number of aryl methyl sites for hydroxylation is 1. The van der Waals surface area contributed by atoms with Gasteiger partial charge in [0.2, 0.25) is 11.8 Å². The molecule has 1 fully saturated rings. The van der Waals surface area contributed by atoms with E-state index in [2.05, 4.69) is 15.6 Å². The summed E-state index contributed by atoms with van der Waals surface area (Å²) in [5.41, 5.74) is 1.24. The van der Waals surface area contributed by atoms with Gasteiger partial charge in [0, 0.05) is 56.6 Å². The highest BCUT2D eigenvalue weighted by molar-refractivity contribution is 5.98. The van der Waals surface area contributed by atoms with E-state index in [-0.39, 0.29) is 24.3 Å². The Morgan fingerprint density at radius 1 is 1.19 bits per heavy atom. The maximum absolute atomic E-state index is 12.2. The standard InChI is InChI=1S/C19H23N5O3/c1-23-12-10-20-16(23)8-9-21-17(25)13-22-19(27)14-4-6-15(7-5-14)24-11-2-3-18(24)26/h4-7,10,12H,2-3,8-9,11,13H2,1H3,(H,21,25)(H,22,27). The molecule has 0 bridgehead atoms. The molecule has 8 heteroatoms. The molecule has 0 unspecified atom stereocenters. The van der Waals surface area contributed by atoms with Gasteiger partial charge < -0.3 is 20.1 Å². The molecule has 1 aromatic heterocycles. The van der Waals surface area contributed by atoms with Crippen LogP contribution in [0.15, 0.2) is 36.7 Å². The van der Waals surface area contributed by atoms with Gasteiger partial charge in [0.1, 0.15) is 5.82 Å². The van der Waals surface area contributed by atoms with E-state index in [0.29, 0.717) is 31.5 Å². The molecule has 0 aliphatic carbocycles. The van der Waals surface area contributed by atoms with Crippen molar-refractivity contribution in [3.8, 4) is 0 Å². The van der Waals surface area contributed by atoms with Crippen LogP contribution in [0.25, 0.3) is 0 Å². The van der Waals surface area contributed by atoms with Gasteiger partial charge in [-0.05, 0) is 30.7 Å². The molecule has 1 saturated heterocycles. The fraction of sp³-hybridized carbons (Fsp3) is 0.368. The Morgan fingerprint density at radius 2 is 1.96 bits per heavy atom. The third kappa shape index (κ3) is 4.72. The molecule has 2 heterocycles. The summed E-state index contributed by atoms with van der Waals surface area (Å²) in [7, 11) is 1.90. The minimum atomic E-state index is -0.325. The normalized spacial score (nSPS) is 13.7. The highest BCUT2D eigenvalue weighted by atomic mass is 16.2. The first-order chi connectivity index (χ1) is 13.0. The van der Waals surface area contributed by atoms with E-state index < -0.39 is 0 Å². The number of aromatic nitrogens is 2. The highest BCUT2D eigenvalue weighted by Gasteiger charge is 2.21. The number of benzene rings is 1. The monoisotopic (exact) mass is 369 g/mol.